The fourth-order valence-electron chi connectivity index (χ4n) is 1.08. The zero-order chi connectivity index (χ0) is 10.7. The van der Waals surface area contributed by atoms with Crippen LogP contribution < -0.4 is 10.2 Å². The van der Waals surface area contributed by atoms with E-state index in [1.165, 1.54) is 20.3 Å². The van der Waals surface area contributed by atoms with Crippen LogP contribution in [0.15, 0.2) is 12.1 Å². The fraction of sp³-hybridized carbons (Fsp3) is 0.250. The second-order valence-corrected chi connectivity index (χ2v) is 2.57. The van der Waals surface area contributed by atoms with Crippen LogP contribution >= 0.6 is 0 Å². The van der Waals surface area contributed by atoms with Gasteiger partial charge in [-0.25, -0.2) is 4.39 Å². The van der Waals surface area contributed by atoms with Crippen molar-refractivity contribution in [3.8, 4) is 5.75 Å². The van der Waals surface area contributed by atoms with Gasteiger partial charge in [0.25, 0.3) is 0 Å². The first kappa shape index (κ1) is 10.9. The summed E-state index contributed by atoms with van der Waals surface area (Å²) in [5.41, 5.74) is 0.0499. The molecule has 6 heteroatoms. The van der Waals surface area contributed by atoms with Crippen LogP contribution in [-0.2, 0) is 4.65 Å². The molecule has 1 N–H and O–H groups in total. The first-order valence-electron chi connectivity index (χ1n) is 3.84. The molecule has 0 unspecified atom stereocenters. The van der Waals surface area contributed by atoms with Gasteiger partial charge in [-0.3, -0.25) is 0 Å². The largest absolute Gasteiger partial charge is 0.494 e. The molecule has 1 aromatic carbocycles. The number of rotatable bonds is 3. The average molecular weight is 202 g/mol. The molecule has 0 aromatic heterocycles. The van der Waals surface area contributed by atoms with Gasteiger partial charge < -0.3 is 14.4 Å². The van der Waals surface area contributed by atoms with Gasteiger partial charge in [0, 0.05) is 12.6 Å². The van der Waals surface area contributed by atoms with Gasteiger partial charge in [0.05, 0.1) is 7.11 Å². The minimum absolute atomic E-state index is 0.0499. The van der Waals surface area contributed by atoms with Gasteiger partial charge in [0.1, 0.15) is 0 Å². The summed E-state index contributed by atoms with van der Waals surface area (Å²) in [6.07, 6.45) is 0. The number of hydrogen-bond acceptors (Lipinski definition) is 3. The molecule has 0 aliphatic rings. The predicted molar refractivity (Wildman–Crippen MR) is 47.5 cm³/mol. The number of hydrogen-bond donors (Lipinski definition) is 1. The summed E-state index contributed by atoms with van der Waals surface area (Å²) in [6.45, 7) is 0. The standard InChI is InChI=1S/C8H9BF2O3/c1-13-8-5(9(12)14-2)3-4-6(10)7(8)11/h3-4,12H,1-2H3. The summed E-state index contributed by atoms with van der Waals surface area (Å²) < 4.78 is 35.0. The Morgan fingerprint density at radius 1 is 1.29 bits per heavy atom. The lowest BCUT2D eigenvalue weighted by Crippen LogP contribution is -2.34. The molecule has 0 saturated carbocycles. The lowest BCUT2D eigenvalue weighted by Gasteiger charge is -2.10. The number of benzene rings is 1. The zero-order valence-corrected chi connectivity index (χ0v) is 7.75. The first-order chi connectivity index (χ1) is 6.61. The minimum Gasteiger partial charge on any atom is -0.494 e. The molecular formula is C8H9BF2O3. The van der Waals surface area contributed by atoms with Crippen molar-refractivity contribution in [1.29, 1.82) is 0 Å². The quantitative estimate of drug-likeness (QED) is 0.716. The third-order valence-electron chi connectivity index (χ3n) is 1.77. The molecule has 0 atom stereocenters. The SMILES string of the molecule is COB(O)c1ccc(F)c(F)c1OC. The smallest absolute Gasteiger partial charge is 0.494 e. The summed E-state index contributed by atoms with van der Waals surface area (Å²) in [5.74, 6) is -2.52. The molecule has 3 nitrogen and oxygen atoms in total. The Hall–Kier alpha value is -1.14. The Labute approximate surface area is 80.4 Å². The monoisotopic (exact) mass is 202 g/mol. The normalized spacial score (nSPS) is 10.1. The maximum Gasteiger partial charge on any atom is 0.494 e. The van der Waals surface area contributed by atoms with Crippen LogP contribution in [0.3, 0.4) is 0 Å². The van der Waals surface area contributed by atoms with E-state index in [1.807, 2.05) is 0 Å². The second kappa shape index (κ2) is 4.39. The predicted octanol–water partition coefficient (Wildman–Crippen LogP) is 0.307. The van der Waals surface area contributed by atoms with Crippen LogP contribution in [0.4, 0.5) is 8.78 Å². The van der Waals surface area contributed by atoms with Crippen molar-refractivity contribution in [2.45, 2.75) is 0 Å². The molecule has 0 spiro atoms. The molecule has 1 rings (SSSR count). The molecule has 0 heterocycles. The minimum atomic E-state index is -1.33. The highest BCUT2D eigenvalue weighted by Gasteiger charge is 2.24. The Morgan fingerprint density at radius 3 is 2.43 bits per heavy atom. The van der Waals surface area contributed by atoms with Crippen molar-refractivity contribution in [1.82, 2.24) is 0 Å². The van der Waals surface area contributed by atoms with Crippen molar-refractivity contribution in [2.24, 2.45) is 0 Å². The summed E-state index contributed by atoms with van der Waals surface area (Å²) in [4.78, 5) is 0. The molecule has 76 valence electrons. The van der Waals surface area contributed by atoms with Crippen molar-refractivity contribution in [3.63, 3.8) is 0 Å². The maximum absolute atomic E-state index is 13.1. The lowest BCUT2D eigenvalue weighted by molar-refractivity contribution is 0.334. The van der Waals surface area contributed by atoms with Crippen molar-refractivity contribution in [3.05, 3.63) is 23.8 Å². The van der Waals surface area contributed by atoms with Crippen LogP contribution in [0, 0.1) is 11.6 Å². The first-order valence-corrected chi connectivity index (χ1v) is 3.84. The maximum atomic E-state index is 13.1. The van der Waals surface area contributed by atoms with E-state index in [4.69, 9.17) is 0 Å². The van der Waals surface area contributed by atoms with Gasteiger partial charge in [-0.2, -0.15) is 4.39 Å². The van der Waals surface area contributed by atoms with Crippen LogP contribution in [0.25, 0.3) is 0 Å². The van der Waals surface area contributed by atoms with Crippen LogP contribution in [0.5, 0.6) is 5.75 Å². The topological polar surface area (TPSA) is 38.7 Å². The molecule has 0 radical (unpaired) electrons. The van der Waals surface area contributed by atoms with Crippen molar-refractivity contribution < 1.29 is 23.2 Å². The van der Waals surface area contributed by atoms with Gasteiger partial charge in [-0.05, 0) is 6.07 Å². The molecule has 0 saturated heterocycles. The molecule has 0 aliphatic carbocycles. The van der Waals surface area contributed by atoms with E-state index in [0.717, 1.165) is 6.07 Å². The summed E-state index contributed by atoms with van der Waals surface area (Å²) in [7, 11) is 1.09. The molecule has 0 amide bonds. The van der Waals surface area contributed by atoms with Crippen LogP contribution in [-0.4, -0.2) is 26.4 Å². The highest BCUT2D eigenvalue weighted by Crippen LogP contribution is 2.17. The molecule has 14 heavy (non-hydrogen) atoms. The summed E-state index contributed by atoms with van der Waals surface area (Å²) >= 11 is 0. The third-order valence-corrected chi connectivity index (χ3v) is 1.77. The number of ether oxygens (including phenoxy) is 1. The van der Waals surface area contributed by atoms with E-state index < -0.39 is 18.8 Å². The zero-order valence-electron chi connectivity index (χ0n) is 7.75. The highest BCUT2D eigenvalue weighted by molar-refractivity contribution is 6.61. The summed E-state index contributed by atoms with van der Waals surface area (Å²) in [6, 6.07) is 2.10. The van der Waals surface area contributed by atoms with Gasteiger partial charge in [0.15, 0.2) is 17.4 Å². The second-order valence-electron chi connectivity index (χ2n) is 2.57. The lowest BCUT2D eigenvalue weighted by atomic mass is 9.79. The number of halogens is 2. The van der Waals surface area contributed by atoms with Crippen LogP contribution in [0.2, 0.25) is 0 Å². The van der Waals surface area contributed by atoms with E-state index in [1.54, 1.807) is 0 Å². The Balaban J connectivity index is 3.23. The van der Waals surface area contributed by atoms with E-state index in [2.05, 4.69) is 9.39 Å². The molecular weight excluding hydrogens is 193 g/mol. The van der Waals surface area contributed by atoms with E-state index in [-0.39, 0.29) is 11.2 Å². The van der Waals surface area contributed by atoms with E-state index >= 15 is 0 Å². The average Bonchev–Trinajstić information content (AvgIpc) is 2.20. The molecule has 1 aromatic rings. The van der Waals surface area contributed by atoms with Gasteiger partial charge in [-0.15, -0.1) is 0 Å². The van der Waals surface area contributed by atoms with Crippen molar-refractivity contribution in [2.75, 3.05) is 14.2 Å². The van der Waals surface area contributed by atoms with Gasteiger partial charge >= 0.3 is 7.12 Å². The van der Waals surface area contributed by atoms with Gasteiger partial charge in [0.2, 0.25) is 0 Å². The Kier molecular flexibility index (Phi) is 3.43. The molecule has 0 fully saturated rings. The fourth-order valence-corrected chi connectivity index (χ4v) is 1.08. The molecule has 0 aliphatic heterocycles. The highest BCUT2D eigenvalue weighted by atomic mass is 19.2. The van der Waals surface area contributed by atoms with Gasteiger partial charge in [-0.1, -0.05) is 6.07 Å². The Bertz CT molecular complexity index is 333. The number of methoxy groups -OCH3 is 1. The van der Waals surface area contributed by atoms with Crippen LogP contribution in [0.1, 0.15) is 0 Å². The van der Waals surface area contributed by atoms with Crippen molar-refractivity contribution >= 4 is 12.6 Å². The van der Waals surface area contributed by atoms with E-state index in [9.17, 15) is 13.8 Å². The third kappa shape index (κ3) is 1.86. The molecule has 0 bridgehead atoms. The Morgan fingerprint density at radius 2 is 1.93 bits per heavy atom. The van der Waals surface area contributed by atoms with E-state index in [0.29, 0.717) is 0 Å². The summed E-state index contributed by atoms with van der Waals surface area (Å²) in [5, 5.41) is 9.27.